The number of ether oxygens (including phenoxy) is 2. The highest BCUT2D eigenvalue weighted by atomic mass is 35.5. The highest BCUT2D eigenvalue weighted by Gasteiger charge is 2.33. The zero-order valence-electron chi connectivity index (χ0n) is 25.0. The SMILES string of the molecule is C[C@H](COCS(=O)(=O)NCC(F)(F)F)NC1CCC(Nc2cc(-c3cccc(NCC4(C#N)CCOCC4)n3)c(Cl)cn2)CC1. The van der Waals surface area contributed by atoms with Crippen molar-refractivity contribution in [3.8, 4) is 17.3 Å². The lowest BCUT2D eigenvalue weighted by molar-refractivity contribution is -0.121. The van der Waals surface area contributed by atoms with Gasteiger partial charge in [0, 0.05) is 49.6 Å². The van der Waals surface area contributed by atoms with Crippen molar-refractivity contribution in [3.05, 3.63) is 35.5 Å². The van der Waals surface area contributed by atoms with Crippen LogP contribution in [0.4, 0.5) is 24.8 Å². The van der Waals surface area contributed by atoms with Crippen LogP contribution in [0.1, 0.15) is 45.4 Å². The van der Waals surface area contributed by atoms with Crippen molar-refractivity contribution in [2.75, 3.05) is 49.5 Å². The molecule has 0 unspecified atom stereocenters. The van der Waals surface area contributed by atoms with E-state index >= 15 is 0 Å². The summed E-state index contributed by atoms with van der Waals surface area (Å²) in [6, 6.07) is 10.2. The van der Waals surface area contributed by atoms with Crippen molar-refractivity contribution in [3.63, 3.8) is 0 Å². The van der Waals surface area contributed by atoms with Crippen LogP contribution in [-0.4, -0.2) is 81.5 Å². The molecule has 0 spiro atoms. The molecule has 16 heteroatoms. The van der Waals surface area contributed by atoms with Crippen LogP contribution in [0.3, 0.4) is 0 Å². The first kappa shape index (κ1) is 35.1. The van der Waals surface area contributed by atoms with Crippen molar-refractivity contribution in [2.24, 2.45) is 5.41 Å². The Labute approximate surface area is 266 Å². The number of anilines is 2. The highest BCUT2D eigenvalue weighted by Crippen LogP contribution is 2.32. The number of hydrogen-bond acceptors (Lipinski definition) is 10. The third-order valence-electron chi connectivity index (χ3n) is 7.87. The third kappa shape index (κ3) is 11.2. The van der Waals surface area contributed by atoms with Crippen LogP contribution >= 0.6 is 11.6 Å². The van der Waals surface area contributed by atoms with Crippen LogP contribution in [0.2, 0.25) is 5.02 Å². The highest BCUT2D eigenvalue weighted by molar-refractivity contribution is 7.89. The number of halogens is 4. The van der Waals surface area contributed by atoms with E-state index in [1.807, 2.05) is 31.2 Å². The molecule has 4 rings (SSSR count). The first-order valence-electron chi connectivity index (χ1n) is 14.9. The molecule has 11 nitrogen and oxygen atoms in total. The van der Waals surface area contributed by atoms with Gasteiger partial charge in [-0.2, -0.15) is 18.4 Å². The number of alkyl halides is 3. The fourth-order valence-electron chi connectivity index (χ4n) is 5.38. The van der Waals surface area contributed by atoms with E-state index in [1.165, 1.54) is 4.72 Å². The summed E-state index contributed by atoms with van der Waals surface area (Å²) in [6.07, 6.45) is 1.77. The summed E-state index contributed by atoms with van der Waals surface area (Å²) in [7, 11) is -4.18. The van der Waals surface area contributed by atoms with Crippen LogP contribution in [0.5, 0.6) is 0 Å². The first-order chi connectivity index (χ1) is 21.4. The van der Waals surface area contributed by atoms with E-state index in [-0.39, 0.29) is 24.7 Å². The summed E-state index contributed by atoms with van der Waals surface area (Å²) >= 11 is 6.52. The third-order valence-corrected chi connectivity index (χ3v) is 9.24. The van der Waals surface area contributed by atoms with Crippen molar-refractivity contribution >= 4 is 33.3 Å². The average Bonchev–Trinajstić information content (AvgIpc) is 3.01. The van der Waals surface area contributed by atoms with E-state index in [0.717, 1.165) is 31.2 Å². The zero-order chi connectivity index (χ0) is 32.5. The number of pyridine rings is 2. The van der Waals surface area contributed by atoms with Gasteiger partial charge in [-0.1, -0.05) is 17.7 Å². The first-order valence-corrected chi connectivity index (χ1v) is 16.9. The number of aromatic nitrogens is 2. The second-order valence-corrected chi connectivity index (χ2v) is 13.8. The van der Waals surface area contributed by atoms with Gasteiger partial charge in [-0.25, -0.2) is 23.1 Å². The molecule has 2 fully saturated rings. The van der Waals surface area contributed by atoms with E-state index in [4.69, 9.17) is 26.1 Å². The van der Waals surface area contributed by atoms with E-state index in [9.17, 15) is 26.9 Å². The standard InChI is InChI=1S/C29H39ClF3N7O4S/c1-20(15-44-19-45(41,42)37-18-29(31,32)33)38-21-5-7-22(8-6-21)39-27-13-23(24(30)14-35-27)25-3-2-4-26(40-25)36-17-28(16-34)9-11-43-12-10-28/h2-4,13-14,20-22,37-38H,5-12,15,17-19H2,1H3,(H,35,39)(H,36,40)/t20-,21?,22?/m1/s1. The molecule has 248 valence electrons. The number of sulfonamides is 1. The monoisotopic (exact) mass is 673 g/mol. The van der Waals surface area contributed by atoms with Gasteiger partial charge in [0.15, 0.2) is 5.94 Å². The van der Waals surface area contributed by atoms with Crippen molar-refractivity contribution in [1.29, 1.82) is 5.26 Å². The molecule has 0 bridgehead atoms. The number of rotatable bonds is 14. The molecule has 1 saturated carbocycles. The predicted octanol–water partition coefficient (Wildman–Crippen LogP) is 4.69. The quantitative estimate of drug-likeness (QED) is 0.223. The van der Waals surface area contributed by atoms with Crippen molar-refractivity contribution in [1.82, 2.24) is 20.0 Å². The number of nitriles is 1. The molecule has 2 aromatic heterocycles. The summed E-state index contributed by atoms with van der Waals surface area (Å²) in [5, 5.41) is 20.4. The molecule has 0 radical (unpaired) electrons. The molecule has 1 saturated heterocycles. The predicted molar refractivity (Wildman–Crippen MR) is 165 cm³/mol. The van der Waals surface area contributed by atoms with Crippen LogP contribution in [0.15, 0.2) is 30.5 Å². The van der Waals surface area contributed by atoms with Crippen molar-refractivity contribution in [2.45, 2.75) is 69.8 Å². The fraction of sp³-hybridized carbons (Fsp3) is 0.621. The van der Waals surface area contributed by atoms with Gasteiger partial charge in [-0.15, -0.1) is 0 Å². The molecule has 3 heterocycles. The Bertz CT molecular complexity index is 1410. The lowest BCUT2D eigenvalue weighted by atomic mass is 9.82. The van der Waals surface area contributed by atoms with Crippen LogP contribution in [0.25, 0.3) is 11.3 Å². The van der Waals surface area contributed by atoms with Gasteiger partial charge in [0.05, 0.1) is 28.8 Å². The molecule has 4 N–H and O–H groups in total. The molecule has 45 heavy (non-hydrogen) atoms. The Morgan fingerprint density at radius 2 is 1.89 bits per heavy atom. The maximum Gasteiger partial charge on any atom is 0.402 e. The zero-order valence-corrected chi connectivity index (χ0v) is 26.6. The minimum atomic E-state index is -4.63. The van der Waals surface area contributed by atoms with Gasteiger partial charge in [-0.3, -0.25) is 0 Å². The Kier molecular flexibility index (Phi) is 12.3. The largest absolute Gasteiger partial charge is 0.402 e. The fourth-order valence-corrected chi connectivity index (χ4v) is 6.36. The van der Waals surface area contributed by atoms with E-state index in [1.54, 1.807) is 6.20 Å². The summed E-state index contributed by atoms with van der Waals surface area (Å²) in [5.41, 5.74) is 0.935. The van der Waals surface area contributed by atoms with Crippen LogP contribution in [-0.2, 0) is 19.5 Å². The van der Waals surface area contributed by atoms with Crippen LogP contribution in [0, 0.1) is 16.7 Å². The minimum absolute atomic E-state index is 0.0431. The second-order valence-electron chi connectivity index (χ2n) is 11.6. The van der Waals surface area contributed by atoms with Gasteiger partial charge in [-0.05, 0) is 63.6 Å². The maximum absolute atomic E-state index is 12.3. The van der Waals surface area contributed by atoms with Gasteiger partial charge < -0.3 is 25.4 Å². The average molecular weight is 674 g/mol. The van der Waals surface area contributed by atoms with Gasteiger partial charge in [0.1, 0.15) is 18.2 Å². The molecular weight excluding hydrogens is 635 g/mol. The number of hydrogen-bond donors (Lipinski definition) is 4. The summed E-state index contributed by atoms with van der Waals surface area (Å²) < 4.78 is 72.1. The van der Waals surface area contributed by atoms with E-state index in [2.05, 4.69) is 27.0 Å². The molecule has 0 aromatic carbocycles. The molecule has 1 aliphatic heterocycles. The molecular formula is C29H39ClF3N7O4S. The Morgan fingerprint density at radius 3 is 2.58 bits per heavy atom. The topological polar surface area (TPSA) is 150 Å². The minimum Gasteiger partial charge on any atom is -0.381 e. The van der Waals surface area contributed by atoms with E-state index < -0.39 is 34.1 Å². The lowest BCUT2D eigenvalue weighted by Crippen LogP contribution is -2.43. The summed E-state index contributed by atoms with van der Waals surface area (Å²) in [5.74, 6) is 0.496. The maximum atomic E-state index is 12.3. The van der Waals surface area contributed by atoms with Gasteiger partial charge in [0.25, 0.3) is 0 Å². The van der Waals surface area contributed by atoms with E-state index in [0.29, 0.717) is 55.0 Å². The number of nitrogens with zero attached hydrogens (tertiary/aromatic N) is 3. The summed E-state index contributed by atoms with van der Waals surface area (Å²) in [6.45, 7) is 1.88. The molecule has 0 amide bonds. The second kappa shape index (κ2) is 15.7. The lowest BCUT2D eigenvalue weighted by Gasteiger charge is -2.32. The summed E-state index contributed by atoms with van der Waals surface area (Å²) in [4.78, 5) is 9.20. The molecule has 2 aliphatic rings. The van der Waals surface area contributed by atoms with Gasteiger partial charge in [0.2, 0.25) is 10.0 Å². The smallest absolute Gasteiger partial charge is 0.381 e. The van der Waals surface area contributed by atoms with Crippen molar-refractivity contribution < 1.29 is 31.1 Å². The normalized spacial score (nSPS) is 21.1. The Morgan fingerprint density at radius 1 is 1.18 bits per heavy atom. The molecule has 2 aromatic rings. The number of nitrogens with one attached hydrogen (secondary N) is 4. The van der Waals surface area contributed by atoms with Crippen LogP contribution < -0.4 is 20.7 Å². The van der Waals surface area contributed by atoms with Gasteiger partial charge >= 0.3 is 6.18 Å². The Hall–Kier alpha value is -2.74. The Balaban J connectivity index is 1.24. The molecule has 1 aliphatic carbocycles. The molecule has 1 atom stereocenters.